The summed E-state index contributed by atoms with van der Waals surface area (Å²) < 4.78 is 63.9. The van der Waals surface area contributed by atoms with E-state index in [9.17, 15) is 31.5 Å². The number of sulfonamides is 1. The molecule has 1 aliphatic heterocycles. The van der Waals surface area contributed by atoms with E-state index >= 15 is 0 Å². The number of halogens is 3. The molecule has 1 fully saturated rings. The van der Waals surface area contributed by atoms with Crippen LogP contribution in [0.5, 0.6) is 5.75 Å². The van der Waals surface area contributed by atoms with E-state index in [2.05, 4.69) is 0 Å². The smallest absolute Gasteiger partial charge is 0.416 e. The first-order chi connectivity index (χ1) is 10.4. The first-order valence-corrected chi connectivity index (χ1v) is 8.01. The molecule has 2 N–H and O–H groups in total. The van der Waals surface area contributed by atoms with Gasteiger partial charge in [-0.25, -0.2) is 8.42 Å². The molecule has 23 heavy (non-hydrogen) atoms. The highest BCUT2D eigenvalue weighted by molar-refractivity contribution is 7.89. The molecule has 1 heterocycles. The Morgan fingerprint density at radius 3 is 2.39 bits per heavy atom. The summed E-state index contributed by atoms with van der Waals surface area (Å²) in [5.41, 5.74) is -1.21. The van der Waals surface area contributed by atoms with Crippen molar-refractivity contribution < 1.29 is 36.6 Å². The fourth-order valence-electron chi connectivity index (χ4n) is 2.48. The van der Waals surface area contributed by atoms with Crippen molar-refractivity contribution in [2.45, 2.75) is 18.0 Å². The number of carboxylic acids is 1. The van der Waals surface area contributed by atoms with Crippen LogP contribution in [0, 0.1) is 11.8 Å². The molecule has 0 bridgehead atoms. The number of hydrogen-bond acceptors (Lipinski definition) is 4. The van der Waals surface area contributed by atoms with Gasteiger partial charge in [0.2, 0.25) is 10.0 Å². The third-order valence-electron chi connectivity index (χ3n) is 3.80. The van der Waals surface area contributed by atoms with E-state index in [0.29, 0.717) is 18.2 Å². The second-order valence-electron chi connectivity index (χ2n) is 5.42. The number of phenols is 1. The van der Waals surface area contributed by atoms with Crippen molar-refractivity contribution in [2.75, 3.05) is 13.1 Å². The van der Waals surface area contributed by atoms with Gasteiger partial charge in [0.15, 0.2) is 0 Å². The van der Waals surface area contributed by atoms with Crippen molar-refractivity contribution >= 4 is 16.0 Å². The van der Waals surface area contributed by atoms with Crippen LogP contribution in [0.25, 0.3) is 0 Å². The second-order valence-corrected chi connectivity index (χ2v) is 7.33. The lowest BCUT2D eigenvalue weighted by molar-refractivity contribution is -0.142. The van der Waals surface area contributed by atoms with Crippen molar-refractivity contribution in [1.29, 1.82) is 0 Å². The maximum Gasteiger partial charge on any atom is 0.416 e. The lowest BCUT2D eigenvalue weighted by Crippen LogP contribution is -2.30. The van der Waals surface area contributed by atoms with Crippen LogP contribution < -0.4 is 0 Å². The number of carbonyl (C=O) groups is 1. The van der Waals surface area contributed by atoms with Gasteiger partial charge in [-0.05, 0) is 24.1 Å². The standard InChI is InChI=1S/C13H14F3NO5S/c1-7-5-17(6-9(7)12(19)20)23(21,22)11-4-8(13(14,15)16)2-3-10(11)18/h2-4,7,9,18H,5-6H2,1H3,(H,19,20)/t7-,9-/m1/s1. The molecule has 10 heteroatoms. The molecular formula is C13H14F3NO5S. The number of aliphatic carboxylic acids is 1. The van der Waals surface area contributed by atoms with Crippen molar-refractivity contribution in [1.82, 2.24) is 4.31 Å². The van der Waals surface area contributed by atoms with E-state index in [0.717, 1.165) is 4.31 Å². The van der Waals surface area contributed by atoms with Gasteiger partial charge in [0, 0.05) is 13.1 Å². The minimum absolute atomic E-state index is 0.144. The van der Waals surface area contributed by atoms with Crippen molar-refractivity contribution in [2.24, 2.45) is 11.8 Å². The van der Waals surface area contributed by atoms with Crippen molar-refractivity contribution in [3.8, 4) is 5.75 Å². The number of alkyl halides is 3. The minimum Gasteiger partial charge on any atom is -0.507 e. The third kappa shape index (κ3) is 3.27. The van der Waals surface area contributed by atoms with Crippen LogP contribution in [0.1, 0.15) is 12.5 Å². The van der Waals surface area contributed by atoms with Gasteiger partial charge in [0.1, 0.15) is 10.6 Å². The maximum absolute atomic E-state index is 12.7. The van der Waals surface area contributed by atoms with Crippen LogP contribution in [0.15, 0.2) is 23.1 Å². The summed E-state index contributed by atoms with van der Waals surface area (Å²) in [4.78, 5) is 10.2. The van der Waals surface area contributed by atoms with Crippen LogP contribution in [-0.2, 0) is 21.0 Å². The average molecular weight is 353 g/mol. The summed E-state index contributed by atoms with van der Waals surface area (Å²) in [6, 6.07) is 1.58. The number of nitrogens with zero attached hydrogens (tertiary/aromatic N) is 1. The van der Waals surface area contributed by atoms with Gasteiger partial charge in [-0.3, -0.25) is 4.79 Å². The highest BCUT2D eigenvalue weighted by Crippen LogP contribution is 2.36. The Bertz CT molecular complexity index is 732. The fraction of sp³-hybridized carbons (Fsp3) is 0.462. The summed E-state index contributed by atoms with van der Waals surface area (Å²) in [7, 11) is -4.43. The number of hydrogen-bond donors (Lipinski definition) is 2. The summed E-state index contributed by atoms with van der Waals surface area (Å²) in [5, 5.41) is 18.7. The van der Waals surface area contributed by atoms with Crippen molar-refractivity contribution in [3.63, 3.8) is 0 Å². The van der Waals surface area contributed by atoms with E-state index in [-0.39, 0.29) is 13.1 Å². The quantitative estimate of drug-likeness (QED) is 0.863. The van der Waals surface area contributed by atoms with E-state index in [1.807, 2.05) is 0 Å². The number of rotatable bonds is 3. The number of phenolic OH excluding ortho intramolecular Hbond substituents is 1. The normalized spacial score (nSPS) is 23.1. The zero-order valence-electron chi connectivity index (χ0n) is 11.9. The van der Waals surface area contributed by atoms with E-state index in [1.54, 1.807) is 6.92 Å². The minimum atomic E-state index is -4.76. The SMILES string of the molecule is C[C@@H]1CN(S(=O)(=O)c2cc(C(F)(F)F)ccc2O)C[C@H]1C(=O)O. The van der Waals surface area contributed by atoms with Gasteiger partial charge in [-0.2, -0.15) is 17.5 Å². The fourth-order valence-corrected chi connectivity index (χ4v) is 4.15. The first-order valence-electron chi connectivity index (χ1n) is 6.57. The number of aromatic hydroxyl groups is 1. The molecule has 0 unspecified atom stereocenters. The summed E-state index contributed by atoms with van der Waals surface area (Å²) in [5.74, 6) is -3.43. The van der Waals surface area contributed by atoms with E-state index < -0.39 is 50.2 Å². The molecule has 2 atom stereocenters. The second kappa shape index (κ2) is 5.68. The topological polar surface area (TPSA) is 94.9 Å². The molecule has 0 aromatic heterocycles. The van der Waals surface area contributed by atoms with Crippen LogP contribution in [-0.4, -0.2) is 42.0 Å². The van der Waals surface area contributed by atoms with Gasteiger partial charge < -0.3 is 10.2 Å². The summed E-state index contributed by atoms with van der Waals surface area (Å²) in [6.45, 7) is 1.05. The molecule has 1 aromatic rings. The molecule has 128 valence electrons. The predicted octanol–water partition coefficient (Wildman–Crippen LogP) is 1.75. The van der Waals surface area contributed by atoms with Gasteiger partial charge in [-0.15, -0.1) is 0 Å². The maximum atomic E-state index is 12.7. The Morgan fingerprint density at radius 1 is 1.30 bits per heavy atom. The van der Waals surface area contributed by atoms with Crippen molar-refractivity contribution in [3.05, 3.63) is 23.8 Å². The van der Waals surface area contributed by atoms with Gasteiger partial charge in [0.05, 0.1) is 11.5 Å². The Hall–Kier alpha value is -1.81. The van der Waals surface area contributed by atoms with E-state index in [4.69, 9.17) is 5.11 Å². The van der Waals surface area contributed by atoms with Gasteiger partial charge in [0.25, 0.3) is 0 Å². The zero-order valence-corrected chi connectivity index (χ0v) is 12.7. The monoisotopic (exact) mass is 353 g/mol. The summed E-state index contributed by atoms with van der Waals surface area (Å²) in [6.07, 6.45) is -4.76. The number of benzene rings is 1. The predicted molar refractivity (Wildman–Crippen MR) is 72.2 cm³/mol. The molecule has 0 radical (unpaired) electrons. The molecule has 0 spiro atoms. The molecule has 0 saturated carbocycles. The molecule has 1 aromatic carbocycles. The average Bonchev–Trinajstić information content (AvgIpc) is 2.80. The Labute approximate surface area is 130 Å². The molecule has 2 rings (SSSR count). The van der Waals surface area contributed by atoms with E-state index in [1.165, 1.54) is 0 Å². The van der Waals surface area contributed by atoms with Crippen LogP contribution in [0.3, 0.4) is 0 Å². The molecular weight excluding hydrogens is 339 g/mol. The zero-order chi connectivity index (χ0) is 17.6. The Morgan fingerprint density at radius 2 is 1.91 bits per heavy atom. The van der Waals surface area contributed by atoms with Crippen LogP contribution in [0.4, 0.5) is 13.2 Å². The molecule has 6 nitrogen and oxygen atoms in total. The Kier molecular flexibility index (Phi) is 4.33. The lowest BCUT2D eigenvalue weighted by Gasteiger charge is -2.18. The molecule has 0 aliphatic carbocycles. The highest BCUT2D eigenvalue weighted by Gasteiger charge is 2.42. The first kappa shape index (κ1) is 17.5. The van der Waals surface area contributed by atoms with Gasteiger partial charge >= 0.3 is 12.1 Å². The van der Waals surface area contributed by atoms with Gasteiger partial charge in [-0.1, -0.05) is 6.92 Å². The lowest BCUT2D eigenvalue weighted by atomic mass is 9.99. The third-order valence-corrected chi connectivity index (χ3v) is 5.66. The largest absolute Gasteiger partial charge is 0.507 e. The van der Waals surface area contributed by atoms with Crippen LogP contribution in [0.2, 0.25) is 0 Å². The summed E-state index contributed by atoms with van der Waals surface area (Å²) >= 11 is 0. The number of carboxylic acid groups (broad SMARTS) is 1. The molecule has 1 saturated heterocycles. The Balaban J connectivity index is 2.43. The molecule has 0 amide bonds. The van der Waals surface area contributed by atoms with Crippen LogP contribution >= 0.6 is 0 Å². The molecule has 1 aliphatic rings. The highest BCUT2D eigenvalue weighted by atomic mass is 32.2.